The number of rotatable bonds is 6. The molecule has 2 amide bonds. The van der Waals surface area contributed by atoms with E-state index in [1.807, 2.05) is 44.3 Å². The molecular weight excluding hydrogens is 298 g/mol. The van der Waals surface area contributed by atoms with Gasteiger partial charge < -0.3 is 16.0 Å². The summed E-state index contributed by atoms with van der Waals surface area (Å²) in [6, 6.07) is 11.4. The molecule has 4 N–H and O–H groups in total. The predicted octanol–water partition coefficient (Wildman–Crippen LogP) is 0.889. The van der Waals surface area contributed by atoms with Crippen molar-refractivity contribution in [3.05, 3.63) is 52.9 Å². The molecule has 0 saturated heterocycles. The molecule has 0 radical (unpaired) electrons. The average molecular weight is 318 g/mol. The van der Waals surface area contributed by atoms with Crippen molar-refractivity contribution in [1.82, 2.24) is 0 Å². The van der Waals surface area contributed by atoms with Gasteiger partial charge in [0.25, 0.3) is 11.8 Å². The van der Waals surface area contributed by atoms with Crippen LogP contribution in [0.5, 0.6) is 0 Å². The minimum atomic E-state index is -0.533. The number of anilines is 1. The molecule has 116 valence electrons. The Hall–Kier alpha value is -2.18. The summed E-state index contributed by atoms with van der Waals surface area (Å²) >= 11 is 1.30. The fourth-order valence-electron chi connectivity index (χ4n) is 2.11. The predicted molar refractivity (Wildman–Crippen MR) is 88.0 cm³/mol. The van der Waals surface area contributed by atoms with Crippen LogP contribution >= 0.6 is 11.3 Å². The monoisotopic (exact) mass is 318 g/mol. The van der Waals surface area contributed by atoms with E-state index in [2.05, 4.69) is 5.32 Å². The zero-order valence-corrected chi connectivity index (χ0v) is 13.4. The Morgan fingerprint density at radius 1 is 1.27 bits per heavy atom. The van der Waals surface area contributed by atoms with Crippen molar-refractivity contribution in [3.63, 3.8) is 0 Å². The summed E-state index contributed by atoms with van der Waals surface area (Å²) in [4.78, 5) is 24.7. The molecule has 0 saturated carbocycles. The van der Waals surface area contributed by atoms with Gasteiger partial charge in [-0.2, -0.15) is 0 Å². The lowest BCUT2D eigenvalue weighted by molar-refractivity contribution is -0.907. The summed E-state index contributed by atoms with van der Waals surface area (Å²) < 4.78 is 0. The van der Waals surface area contributed by atoms with Crippen molar-refractivity contribution in [2.24, 2.45) is 5.73 Å². The zero-order valence-electron chi connectivity index (χ0n) is 12.6. The van der Waals surface area contributed by atoms with Gasteiger partial charge in [0.2, 0.25) is 0 Å². The normalized spacial score (nSPS) is 13.4. The van der Waals surface area contributed by atoms with Crippen LogP contribution in [-0.4, -0.2) is 24.9 Å². The molecule has 0 aliphatic rings. The van der Waals surface area contributed by atoms with Gasteiger partial charge in [-0.1, -0.05) is 30.3 Å². The SMILES string of the molecule is C[C@H](C(=O)Nc1sccc1C(N)=O)[NH+](C)Cc1ccccc1. The van der Waals surface area contributed by atoms with Crippen LogP contribution in [0.1, 0.15) is 22.8 Å². The Morgan fingerprint density at radius 3 is 2.59 bits per heavy atom. The van der Waals surface area contributed by atoms with E-state index in [-0.39, 0.29) is 11.9 Å². The Kier molecular flexibility index (Phi) is 5.30. The second-order valence-corrected chi connectivity index (χ2v) is 6.16. The highest BCUT2D eigenvalue weighted by Gasteiger charge is 2.23. The third-order valence-electron chi connectivity index (χ3n) is 3.63. The topological polar surface area (TPSA) is 76.6 Å². The smallest absolute Gasteiger partial charge is 0.282 e. The molecule has 0 spiro atoms. The summed E-state index contributed by atoms with van der Waals surface area (Å²) in [6.07, 6.45) is 0. The van der Waals surface area contributed by atoms with Crippen LogP contribution in [0, 0.1) is 0 Å². The van der Waals surface area contributed by atoms with E-state index < -0.39 is 5.91 Å². The van der Waals surface area contributed by atoms with Crippen LogP contribution in [0.4, 0.5) is 5.00 Å². The van der Waals surface area contributed by atoms with Crippen LogP contribution in [0.3, 0.4) is 0 Å². The fraction of sp³-hybridized carbons (Fsp3) is 0.250. The van der Waals surface area contributed by atoms with Gasteiger partial charge in [0.1, 0.15) is 11.5 Å². The molecular formula is C16H20N3O2S+. The van der Waals surface area contributed by atoms with E-state index in [0.29, 0.717) is 10.6 Å². The molecule has 1 aromatic carbocycles. The van der Waals surface area contributed by atoms with Gasteiger partial charge in [0.15, 0.2) is 6.04 Å². The van der Waals surface area contributed by atoms with Gasteiger partial charge in [-0.3, -0.25) is 9.59 Å². The van der Waals surface area contributed by atoms with Crippen molar-refractivity contribution in [2.45, 2.75) is 19.5 Å². The number of hydrogen-bond donors (Lipinski definition) is 3. The number of amides is 2. The molecule has 1 unspecified atom stereocenters. The molecule has 0 aliphatic heterocycles. The molecule has 0 bridgehead atoms. The molecule has 2 atom stereocenters. The molecule has 2 rings (SSSR count). The number of benzene rings is 1. The first-order chi connectivity index (χ1) is 10.5. The van der Waals surface area contributed by atoms with Crippen molar-refractivity contribution in [2.75, 3.05) is 12.4 Å². The fourth-order valence-corrected chi connectivity index (χ4v) is 2.91. The van der Waals surface area contributed by atoms with E-state index in [9.17, 15) is 9.59 Å². The molecule has 22 heavy (non-hydrogen) atoms. The quantitative estimate of drug-likeness (QED) is 0.740. The Balaban J connectivity index is 1.99. The summed E-state index contributed by atoms with van der Waals surface area (Å²) in [5, 5.41) is 5.04. The van der Waals surface area contributed by atoms with Crippen molar-refractivity contribution >= 4 is 28.2 Å². The first-order valence-corrected chi connectivity index (χ1v) is 7.91. The van der Waals surface area contributed by atoms with Crippen molar-refractivity contribution < 1.29 is 14.5 Å². The van der Waals surface area contributed by atoms with Crippen molar-refractivity contribution in [1.29, 1.82) is 0 Å². The maximum atomic E-state index is 12.3. The van der Waals surface area contributed by atoms with Crippen LogP contribution in [0.15, 0.2) is 41.8 Å². The lowest BCUT2D eigenvalue weighted by Gasteiger charge is -2.21. The molecule has 2 aromatic rings. The minimum absolute atomic E-state index is 0.126. The van der Waals surface area contributed by atoms with Crippen molar-refractivity contribution in [3.8, 4) is 0 Å². The summed E-state index contributed by atoms with van der Waals surface area (Å²) in [5.41, 5.74) is 6.81. The highest BCUT2D eigenvalue weighted by atomic mass is 32.1. The minimum Gasteiger partial charge on any atom is -0.366 e. The summed E-state index contributed by atoms with van der Waals surface area (Å²) in [5.74, 6) is -0.660. The third-order valence-corrected chi connectivity index (χ3v) is 4.46. The van der Waals surface area contributed by atoms with Gasteiger partial charge in [-0.15, -0.1) is 11.3 Å². The number of thiophene rings is 1. The molecule has 1 heterocycles. The van der Waals surface area contributed by atoms with E-state index in [1.165, 1.54) is 16.9 Å². The number of nitrogens with two attached hydrogens (primary N) is 1. The van der Waals surface area contributed by atoms with Gasteiger partial charge in [0.05, 0.1) is 12.6 Å². The summed E-state index contributed by atoms with van der Waals surface area (Å²) in [6.45, 7) is 2.62. The van der Waals surface area contributed by atoms with E-state index in [0.717, 1.165) is 11.4 Å². The number of quaternary nitrogens is 1. The zero-order chi connectivity index (χ0) is 16.1. The number of carbonyl (C=O) groups excluding carboxylic acids is 2. The lowest BCUT2D eigenvalue weighted by Crippen LogP contribution is -3.12. The molecule has 0 fully saturated rings. The van der Waals surface area contributed by atoms with E-state index >= 15 is 0 Å². The number of likely N-dealkylation sites (N-methyl/N-ethyl adjacent to an activating group) is 1. The van der Waals surface area contributed by atoms with E-state index in [1.54, 1.807) is 11.4 Å². The third kappa shape index (κ3) is 3.93. The Morgan fingerprint density at radius 2 is 1.95 bits per heavy atom. The molecule has 5 nitrogen and oxygen atoms in total. The first kappa shape index (κ1) is 16.2. The second kappa shape index (κ2) is 7.20. The van der Waals surface area contributed by atoms with Crippen LogP contribution in [-0.2, 0) is 11.3 Å². The number of primary amides is 1. The lowest BCUT2D eigenvalue weighted by atomic mass is 10.2. The van der Waals surface area contributed by atoms with Gasteiger partial charge in [-0.05, 0) is 18.4 Å². The second-order valence-electron chi connectivity index (χ2n) is 5.25. The highest BCUT2D eigenvalue weighted by Crippen LogP contribution is 2.22. The van der Waals surface area contributed by atoms with Gasteiger partial charge in [0, 0.05) is 5.56 Å². The number of nitrogens with one attached hydrogen (secondary N) is 2. The highest BCUT2D eigenvalue weighted by molar-refractivity contribution is 7.14. The number of carbonyl (C=O) groups is 2. The first-order valence-electron chi connectivity index (χ1n) is 7.03. The molecule has 6 heteroatoms. The largest absolute Gasteiger partial charge is 0.366 e. The van der Waals surface area contributed by atoms with E-state index in [4.69, 9.17) is 5.73 Å². The summed E-state index contributed by atoms with van der Waals surface area (Å²) in [7, 11) is 1.97. The van der Waals surface area contributed by atoms with Crippen LogP contribution in [0.25, 0.3) is 0 Å². The molecule has 0 aliphatic carbocycles. The van der Waals surface area contributed by atoms with Crippen LogP contribution < -0.4 is 16.0 Å². The standard InChI is InChI=1S/C16H19N3O2S/c1-11(19(2)10-12-6-4-3-5-7-12)15(21)18-16-13(14(17)20)8-9-22-16/h3-9,11H,10H2,1-2H3,(H2,17,20)(H,18,21)/p+1/t11-/m1/s1. The van der Waals surface area contributed by atoms with Gasteiger partial charge in [-0.25, -0.2) is 0 Å². The Labute approximate surface area is 133 Å². The van der Waals surface area contributed by atoms with Gasteiger partial charge >= 0.3 is 0 Å². The average Bonchev–Trinajstić information content (AvgIpc) is 2.95. The maximum Gasteiger partial charge on any atom is 0.282 e. The molecule has 1 aromatic heterocycles. The Bertz CT molecular complexity index is 654. The number of hydrogen-bond acceptors (Lipinski definition) is 3. The maximum absolute atomic E-state index is 12.3. The van der Waals surface area contributed by atoms with Crippen LogP contribution in [0.2, 0.25) is 0 Å².